The molecule has 3 nitrogen and oxygen atoms in total. The van der Waals surface area contributed by atoms with Crippen LogP contribution in [0, 0.1) is 0 Å². The maximum absolute atomic E-state index is 5.44. The van der Waals surface area contributed by atoms with E-state index in [0.29, 0.717) is 0 Å². The SMILES string of the molecule is CN(CCN)CCCc1ccco1. The fourth-order valence-corrected chi connectivity index (χ4v) is 1.31. The second-order valence-corrected chi connectivity index (χ2v) is 3.27. The van der Waals surface area contributed by atoms with E-state index in [4.69, 9.17) is 10.2 Å². The molecule has 2 N–H and O–H groups in total. The second-order valence-electron chi connectivity index (χ2n) is 3.27. The molecular formula is C10H18N2O. The van der Waals surface area contributed by atoms with Gasteiger partial charge in [-0.1, -0.05) is 0 Å². The summed E-state index contributed by atoms with van der Waals surface area (Å²) in [6.07, 6.45) is 3.87. The summed E-state index contributed by atoms with van der Waals surface area (Å²) in [6.45, 7) is 2.79. The molecule has 1 heterocycles. The van der Waals surface area contributed by atoms with Gasteiger partial charge in [0.25, 0.3) is 0 Å². The number of hydrogen-bond acceptors (Lipinski definition) is 3. The molecule has 0 unspecified atom stereocenters. The second kappa shape index (κ2) is 5.78. The van der Waals surface area contributed by atoms with Gasteiger partial charge in [0.05, 0.1) is 6.26 Å². The summed E-state index contributed by atoms with van der Waals surface area (Å²) >= 11 is 0. The van der Waals surface area contributed by atoms with Crippen molar-refractivity contribution in [2.75, 3.05) is 26.7 Å². The van der Waals surface area contributed by atoms with E-state index in [1.54, 1.807) is 6.26 Å². The Labute approximate surface area is 79.5 Å². The van der Waals surface area contributed by atoms with E-state index in [-0.39, 0.29) is 0 Å². The van der Waals surface area contributed by atoms with E-state index in [1.807, 2.05) is 12.1 Å². The summed E-state index contributed by atoms with van der Waals surface area (Å²) in [5.74, 6) is 1.07. The molecule has 0 atom stereocenters. The van der Waals surface area contributed by atoms with Gasteiger partial charge in [-0.2, -0.15) is 0 Å². The molecule has 1 rings (SSSR count). The van der Waals surface area contributed by atoms with Crippen LogP contribution in [0.4, 0.5) is 0 Å². The van der Waals surface area contributed by atoms with Gasteiger partial charge in [-0.25, -0.2) is 0 Å². The molecule has 13 heavy (non-hydrogen) atoms. The molecule has 3 heteroatoms. The Morgan fingerprint density at radius 3 is 2.92 bits per heavy atom. The van der Waals surface area contributed by atoms with Crippen LogP contribution in [-0.2, 0) is 6.42 Å². The van der Waals surface area contributed by atoms with Crippen molar-refractivity contribution in [3.8, 4) is 0 Å². The first-order chi connectivity index (χ1) is 6.33. The summed E-state index contributed by atoms with van der Waals surface area (Å²) in [4.78, 5) is 2.24. The van der Waals surface area contributed by atoms with Crippen molar-refractivity contribution in [1.29, 1.82) is 0 Å². The van der Waals surface area contributed by atoms with Gasteiger partial charge in [-0.15, -0.1) is 0 Å². The highest BCUT2D eigenvalue weighted by atomic mass is 16.3. The summed E-state index contributed by atoms with van der Waals surface area (Å²) in [6, 6.07) is 3.95. The van der Waals surface area contributed by atoms with Gasteiger partial charge >= 0.3 is 0 Å². The maximum Gasteiger partial charge on any atom is 0.103 e. The van der Waals surface area contributed by atoms with Gasteiger partial charge in [0, 0.05) is 19.5 Å². The van der Waals surface area contributed by atoms with Crippen LogP contribution in [0.1, 0.15) is 12.2 Å². The molecule has 0 radical (unpaired) electrons. The average Bonchev–Trinajstić information content (AvgIpc) is 2.57. The molecule has 1 aromatic heterocycles. The number of rotatable bonds is 6. The Morgan fingerprint density at radius 1 is 1.46 bits per heavy atom. The lowest BCUT2D eigenvalue weighted by atomic mass is 10.2. The van der Waals surface area contributed by atoms with Crippen LogP contribution in [0.3, 0.4) is 0 Å². The van der Waals surface area contributed by atoms with Crippen molar-refractivity contribution < 1.29 is 4.42 Å². The Morgan fingerprint density at radius 2 is 2.31 bits per heavy atom. The lowest BCUT2D eigenvalue weighted by molar-refractivity contribution is 0.333. The molecule has 0 spiro atoms. The van der Waals surface area contributed by atoms with Crippen molar-refractivity contribution in [3.05, 3.63) is 24.2 Å². The highest BCUT2D eigenvalue weighted by Crippen LogP contribution is 2.03. The van der Waals surface area contributed by atoms with Crippen LogP contribution in [0.2, 0.25) is 0 Å². The number of hydrogen-bond donors (Lipinski definition) is 1. The van der Waals surface area contributed by atoms with Crippen LogP contribution in [0.15, 0.2) is 22.8 Å². The predicted octanol–water partition coefficient (Wildman–Crippen LogP) is 1.10. The number of nitrogens with zero attached hydrogens (tertiary/aromatic N) is 1. The lowest BCUT2D eigenvalue weighted by Crippen LogP contribution is -2.26. The molecule has 0 aliphatic heterocycles. The molecule has 1 aromatic rings. The number of aryl methyl sites for hydroxylation is 1. The summed E-state index contributed by atoms with van der Waals surface area (Å²) < 4.78 is 5.23. The molecule has 0 aliphatic rings. The molecule has 0 bridgehead atoms. The minimum Gasteiger partial charge on any atom is -0.469 e. The van der Waals surface area contributed by atoms with Crippen LogP contribution in [0.5, 0.6) is 0 Å². The summed E-state index contributed by atoms with van der Waals surface area (Å²) in [5.41, 5.74) is 5.44. The third-order valence-electron chi connectivity index (χ3n) is 2.05. The van der Waals surface area contributed by atoms with Gasteiger partial charge in [0.15, 0.2) is 0 Å². The van der Waals surface area contributed by atoms with Gasteiger partial charge in [0.2, 0.25) is 0 Å². The standard InChI is InChI=1S/C10H18N2O/c1-12(8-6-11)7-2-4-10-5-3-9-13-10/h3,5,9H,2,4,6-8,11H2,1H3. The molecule has 0 aliphatic carbocycles. The topological polar surface area (TPSA) is 42.4 Å². The predicted molar refractivity (Wildman–Crippen MR) is 53.6 cm³/mol. The van der Waals surface area contributed by atoms with E-state index in [9.17, 15) is 0 Å². The molecule has 0 fully saturated rings. The van der Waals surface area contributed by atoms with Crippen LogP contribution >= 0.6 is 0 Å². The van der Waals surface area contributed by atoms with E-state index in [0.717, 1.165) is 38.2 Å². The average molecular weight is 182 g/mol. The normalized spacial score (nSPS) is 11.0. The van der Waals surface area contributed by atoms with Crippen LogP contribution in [0.25, 0.3) is 0 Å². The third-order valence-corrected chi connectivity index (χ3v) is 2.05. The molecule has 0 amide bonds. The largest absolute Gasteiger partial charge is 0.469 e. The smallest absolute Gasteiger partial charge is 0.103 e. The number of nitrogens with two attached hydrogens (primary N) is 1. The van der Waals surface area contributed by atoms with E-state index >= 15 is 0 Å². The van der Waals surface area contributed by atoms with E-state index < -0.39 is 0 Å². The third kappa shape index (κ3) is 4.10. The first-order valence-corrected chi connectivity index (χ1v) is 4.74. The van der Waals surface area contributed by atoms with Crippen molar-refractivity contribution in [1.82, 2.24) is 4.90 Å². The lowest BCUT2D eigenvalue weighted by Gasteiger charge is -2.14. The Hall–Kier alpha value is -0.800. The zero-order valence-corrected chi connectivity index (χ0v) is 8.20. The van der Waals surface area contributed by atoms with Crippen molar-refractivity contribution in [2.45, 2.75) is 12.8 Å². The van der Waals surface area contributed by atoms with Gasteiger partial charge in [-0.3, -0.25) is 0 Å². The highest BCUT2D eigenvalue weighted by molar-refractivity contribution is 4.97. The van der Waals surface area contributed by atoms with E-state index in [2.05, 4.69) is 11.9 Å². The fourth-order valence-electron chi connectivity index (χ4n) is 1.31. The monoisotopic (exact) mass is 182 g/mol. The molecule has 0 saturated heterocycles. The first kappa shape index (κ1) is 10.3. The Kier molecular flexibility index (Phi) is 4.57. The number of likely N-dealkylation sites (N-methyl/N-ethyl adjacent to an activating group) is 1. The highest BCUT2D eigenvalue weighted by Gasteiger charge is 1.98. The van der Waals surface area contributed by atoms with Crippen LogP contribution in [-0.4, -0.2) is 31.6 Å². The Balaban J connectivity index is 2.07. The quantitative estimate of drug-likeness (QED) is 0.716. The minimum absolute atomic E-state index is 0.733. The fraction of sp³-hybridized carbons (Fsp3) is 0.600. The zero-order chi connectivity index (χ0) is 9.52. The van der Waals surface area contributed by atoms with Gasteiger partial charge in [0.1, 0.15) is 5.76 Å². The first-order valence-electron chi connectivity index (χ1n) is 4.74. The summed E-state index contributed by atoms with van der Waals surface area (Å²) in [5, 5.41) is 0. The van der Waals surface area contributed by atoms with Gasteiger partial charge < -0.3 is 15.1 Å². The molecular weight excluding hydrogens is 164 g/mol. The zero-order valence-electron chi connectivity index (χ0n) is 8.20. The van der Waals surface area contributed by atoms with Crippen molar-refractivity contribution in [2.24, 2.45) is 5.73 Å². The van der Waals surface area contributed by atoms with Gasteiger partial charge in [-0.05, 0) is 32.1 Å². The molecule has 74 valence electrons. The van der Waals surface area contributed by atoms with Crippen molar-refractivity contribution >= 4 is 0 Å². The maximum atomic E-state index is 5.44. The molecule has 0 saturated carbocycles. The van der Waals surface area contributed by atoms with Crippen LogP contribution < -0.4 is 5.73 Å². The van der Waals surface area contributed by atoms with E-state index in [1.165, 1.54) is 0 Å². The minimum atomic E-state index is 0.733. The molecule has 0 aromatic carbocycles. The Bertz CT molecular complexity index is 209. The van der Waals surface area contributed by atoms with Crippen molar-refractivity contribution in [3.63, 3.8) is 0 Å². The number of furan rings is 1. The summed E-state index contributed by atoms with van der Waals surface area (Å²) in [7, 11) is 2.09.